The summed E-state index contributed by atoms with van der Waals surface area (Å²) in [6.07, 6.45) is 5.43. The number of amides is 2. The Bertz CT molecular complexity index is 1110. The minimum atomic E-state index is -0.456. The molecule has 2 amide bonds. The molecule has 0 atom stereocenters. The molecular formula is C28H28N2O3. The number of carbonyl (C=O) groups excluding carboxylic acids is 2. The Balaban J connectivity index is 1.18. The first-order chi connectivity index (χ1) is 16.1. The van der Waals surface area contributed by atoms with E-state index in [4.69, 9.17) is 10.5 Å². The summed E-state index contributed by atoms with van der Waals surface area (Å²) in [6, 6.07) is 24.6. The molecule has 168 valence electrons. The fourth-order valence-corrected chi connectivity index (χ4v) is 4.27. The molecule has 0 unspecified atom stereocenters. The number of nitrogens with one attached hydrogen (secondary N) is 1. The number of aryl methyl sites for hydroxylation is 1. The standard InChI is InChI=1S/C28H28N2O3/c29-27(31)17-16-21-14-12-20(13-15-21)7-5-6-18-30-28(32)33-19-26-24-10-3-1-8-22(24)23-9-2-4-11-25(23)26/h1-4,8-17,26H,5-7,18-19H2,(H2,29,31)(H,30,32)/b17-16+. The van der Waals surface area contributed by atoms with Crippen molar-refractivity contribution < 1.29 is 14.3 Å². The number of unbranched alkanes of at least 4 members (excludes halogenated alkanes) is 1. The number of carbonyl (C=O) groups is 2. The number of hydrogen-bond acceptors (Lipinski definition) is 3. The Kier molecular flexibility index (Phi) is 7.20. The van der Waals surface area contributed by atoms with Crippen molar-refractivity contribution in [2.45, 2.75) is 25.2 Å². The van der Waals surface area contributed by atoms with E-state index in [1.807, 2.05) is 48.5 Å². The highest BCUT2D eigenvalue weighted by atomic mass is 16.5. The van der Waals surface area contributed by atoms with Gasteiger partial charge in [0.1, 0.15) is 6.61 Å². The minimum absolute atomic E-state index is 0.0731. The summed E-state index contributed by atoms with van der Waals surface area (Å²) in [7, 11) is 0. The first-order valence-electron chi connectivity index (χ1n) is 11.3. The average molecular weight is 441 g/mol. The highest BCUT2D eigenvalue weighted by Gasteiger charge is 2.28. The minimum Gasteiger partial charge on any atom is -0.449 e. The van der Waals surface area contributed by atoms with Crippen LogP contribution in [0.4, 0.5) is 4.79 Å². The van der Waals surface area contributed by atoms with Gasteiger partial charge in [0.2, 0.25) is 5.91 Å². The van der Waals surface area contributed by atoms with E-state index in [1.165, 1.54) is 33.9 Å². The van der Waals surface area contributed by atoms with Gasteiger partial charge in [-0.3, -0.25) is 4.79 Å². The maximum Gasteiger partial charge on any atom is 0.407 e. The van der Waals surface area contributed by atoms with Gasteiger partial charge in [0.05, 0.1) is 0 Å². The van der Waals surface area contributed by atoms with E-state index in [-0.39, 0.29) is 12.0 Å². The van der Waals surface area contributed by atoms with Gasteiger partial charge in [-0.2, -0.15) is 0 Å². The molecule has 0 spiro atoms. The zero-order chi connectivity index (χ0) is 23.0. The molecule has 0 saturated carbocycles. The Morgan fingerprint density at radius 3 is 2.15 bits per heavy atom. The molecule has 1 aliphatic carbocycles. The van der Waals surface area contributed by atoms with Gasteiger partial charge in [-0.1, -0.05) is 72.8 Å². The van der Waals surface area contributed by atoms with Crippen LogP contribution in [-0.4, -0.2) is 25.2 Å². The van der Waals surface area contributed by atoms with Crippen LogP contribution >= 0.6 is 0 Å². The van der Waals surface area contributed by atoms with Gasteiger partial charge in [0, 0.05) is 18.5 Å². The summed E-state index contributed by atoms with van der Waals surface area (Å²) in [5, 5.41) is 2.86. The molecule has 3 aromatic rings. The van der Waals surface area contributed by atoms with Crippen LogP contribution < -0.4 is 11.1 Å². The lowest BCUT2D eigenvalue weighted by Crippen LogP contribution is -2.27. The van der Waals surface area contributed by atoms with Gasteiger partial charge in [0.15, 0.2) is 0 Å². The van der Waals surface area contributed by atoms with Crippen LogP contribution in [0.2, 0.25) is 0 Å². The first kappa shape index (κ1) is 22.3. The molecule has 0 aliphatic heterocycles. The fraction of sp³-hybridized carbons (Fsp3) is 0.214. The second-order valence-electron chi connectivity index (χ2n) is 8.19. The molecule has 4 rings (SSSR count). The van der Waals surface area contributed by atoms with E-state index in [0.717, 1.165) is 24.8 Å². The third kappa shape index (κ3) is 5.69. The lowest BCUT2D eigenvalue weighted by Gasteiger charge is -2.14. The van der Waals surface area contributed by atoms with Crippen molar-refractivity contribution in [3.63, 3.8) is 0 Å². The smallest absolute Gasteiger partial charge is 0.407 e. The number of ether oxygens (including phenoxy) is 1. The average Bonchev–Trinajstić information content (AvgIpc) is 3.15. The summed E-state index contributed by atoms with van der Waals surface area (Å²) in [5.41, 5.74) is 12.1. The number of fused-ring (bicyclic) bond motifs is 3. The summed E-state index contributed by atoms with van der Waals surface area (Å²) in [6.45, 7) is 0.909. The summed E-state index contributed by atoms with van der Waals surface area (Å²) >= 11 is 0. The van der Waals surface area contributed by atoms with E-state index in [9.17, 15) is 9.59 Å². The Hall–Kier alpha value is -3.86. The molecule has 0 fully saturated rings. The van der Waals surface area contributed by atoms with E-state index in [2.05, 4.69) is 29.6 Å². The van der Waals surface area contributed by atoms with Crippen LogP contribution in [0.25, 0.3) is 17.2 Å². The quantitative estimate of drug-likeness (QED) is 0.361. The van der Waals surface area contributed by atoms with E-state index >= 15 is 0 Å². The third-order valence-corrected chi connectivity index (χ3v) is 5.93. The second kappa shape index (κ2) is 10.6. The van der Waals surface area contributed by atoms with Crippen LogP contribution in [0, 0.1) is 0 Å². The highest BCUT2D eigenvalue weighted by Crippen LogP contribution is 2.44. The predicted molar refractivity (Wildman–Crippen MR) is 131 cm³/mol. The monoisotopic (exact) mass is 440 g/mol. The number of hydrogen-bond donors (Lipinski definition) is 2. The molecular weight excluding hydrogens is 412 g/mol. The lowest BCUT2D eigenvalue weighted by molar-refractivity contribution is -0.113. The van der Waals surface area contributed by atoms with Gasteiger partial charge in [0.25, 0.3) is 0 Å². The van der Waals surface area contributed by atoms with Crippen molar-refractivity contribution in [3.05, 3.63) is 101 Å². The number of benzene rings is 3. The first-order valence-corrected chi connectivity index (χ1v) is 11.3. The lowest BCUT2D eigenvalue weighted by atomic mass is 9.98. The maximum absolute atomic E-state index is 12.2. The zero-order valence-electron chi connectivity index (χ0n) is 18.5. The summed E-state index contributed by atoms with van der Waals surface area (Å²) in [4.78, 5) is 23.0. The topological polar surface area (TPSA) is 81.4 Å². The zero-order valence-corrected chi connectivity index (χ0v) is 18.5. The molecule has 0 saturated heterocycles. The van der Waals surface area contributed by atoms with Gasteiger partial charge in [-0.05, 0) is 58.7 Å². The Labute approximate surface area is 194 Å². The number of nitrogens with two attached hydrogens (primary N) is 1. The molecule has 33 heavy (non-hydrogen) atoms. The normalized spacial score (nSPS) is 12.4. The SMILES string of the molecule is NC(=O)/C=C/c1ccc(CCCCNC(=O)OCC2c3ccccc3-c3ccccc32)cc1. The molecule has 0 radical (unpaired) electrons. The Morgan fingerprint density at radius 1 is 0.879 bits per heavy atom. The maximum atomic E-state index is 12.2. The van der Waals surface area contributed by atoms with Crippen molar-refractivity contribution in [3.8, 4) is 11.1 Å². The van der Waals surface area contributed by atoms with Crippen molar-refractivity contribution in [1.82, 2.24) is 5.32 Å². The largest absolute Gasteiger partial charge is 0.449 e. The highest BCUT2D eigenvalue weighted by molar-refractivity contribution is 5.90. The number of alkyl carbamates (subject to hydrolysis) is 1. The molecule has 3 N–H and O–H groups in total. The van der Waals surface area contributed by atoms with Crippen molar-refractivity contribution in [2.24, 2.45) is 5.73 Å². The van der Waals surface area contributed by atoms with E-state index in [1.54, 1.807) is 6.08 Å². The van der Waals surface area contributed by atoms with E-state index in [0.29, 0.717) is 13.2 Å². The van der Waals surface area contributed by atoms with Crippen molar-refractivity contribution in [1.29, 1.82) is 0 Å². The summed E-state index contributed by atoms with van der Waals surface area (Å²) in [5.74, 6) is -0.382. The fourth-order valence-electron chi connectivity index (χ4n) is 4.27. The molecule has 0 aromatic heterocycles. The number of rotatable bonds is 9. The van der Waals surface area contributed by atoms with E-state index < -0.39 is 5.91 Å². The Morgan fingerprint density at radius 2 is 1.52 bits per heavy atom. The molecule has 3 aromatic carbocycles. The van der Waals surface area contributed by atoms with Crippen LogP contribution in [0.15, 0.2) is 78.9 Å². The summed E-state index contributed by atoms with van der Waals surface area (Å²) < 4.78 is 5.57. The second-order valence-corrected chi connectivity index (χ2v) is 8.19. The molecule has 0 bridgehead atoms. The van der Waals surface area contributed by atoms with Crippen LogP contribution in [0.3, 0.4) is 0 Å². The molecule has 1 aliphatic rings. The van der Waals surface area contributed by atoms with Crippen molar-refractivity contribution >= 4 is 18.1 Å². The van der Waals surface area contributed by atoms with Gasteiger partial charge >= 0.3 is 6.09 Å². The molecule has 0 heterocycles. The van der Waals surface area contributed by atoms with Gasteiger partial charge < -0.3 is 15.8 Å². The number of primary amides is 1. The van der Waals surface area contributed by atoms with Crippen LogP contribution in [-0.2, 0) is 16.0 Å². The van der Waals surface area contributed by atoms with Crippen LogP contribution in [0.5, 0.6) is 0 Å². The van der Waals surface area contributed by atoms with Crippen LogP contribution in [0.1, 0.15) is 41.0 Å². The van der Waals surface area contributed by atoms with Gasteiger partial charge in [-0.15, -0.1) is 0 Å². The molecule has 5 heteroatoms. The predicted octanol–water partition coefficient (Wildman–Crippen LogP) is 5.05. The van der Waals surface area contributed by atoms with Gasteiger partial charge in [-0.25, -0.2) is 4.79 Å². The molecule has 5 nitrogen and oxygen atoms in total. The third-order valence-electron chi connectivity index (χ3n) is 5.93. The van der Waals surface area contributed by atoms with Crippen molar-refractivity contribution in [2.75, 3.05) is 13.2 Å².